The third-order valence-corrected chi connectivity index (χ3v) is 6.70. The van der Waals surface area contributed by atoms with Crippen LogP contribution < -0.4 is 19.7 Å². The second-order valence-corrected chi connectivity index (χ2v) is 9.57. The smallest absolute Gasteiger partial charge is 0.270 e. The number of thiocarbonyl (C=S) groups is 1. The van der Waals surface area contributed by atoms with E-state index in [-0.39, 0.29) is 18.4 Å². The fraction of sp³-hybridized carbons (Fsp3) is 0.148. The van der Waals surface area contributed by atoms with Crippen LogP contribution in [-0.4, -0.2) is 29.9 Å². The standard InChI is InChI=1S/C27H24N2O4S2/c1-17-6-4-7-18(2)25(17)28-24(30)16-33-22-9-5-8-19(14-22)15-23-26(31)29(27(34)35-23)20-10-12-21(32-3)13-11-20/h4-15H,16H2,1-3H3,(H,28,30)/b23-15-. The summed E-state index contributed by atoms with van der Waals surface area (Å²) >= 11 is 6.69. The first-order valence-electron chi connectivity index (χ1n) is 10.9. The molecular formula is C27H24N2O4S2. The molecule has 0 bridgehead atoms. The third-order valence-electron chi connectivity index (χ3n) is 5.40. The molecule has 1 fully saturated rings. The summed E-state index contributed by atoms with van der Waals surface area (Å²) < 4.78 is 11.3. The average molecular weight is 505 g/mol. The van der Waals surface area contributed by atoms with Gasteiger partial charge in [0.15, 0.2) is 10.9 Å². The Morgan fingerprint density at radius 1 is 1.03 bits per heavy atom. The minimum atomic E-state index is -0.242. The van der Waals surface area contributed by atoms with Crippen molar-refractivity contribution in [3.63, 3.8) is 0 Å². The molecule has 1 saturated heterocycles. The van der Waals surface area contributed by atoms with Gasteiger partial charge in [0, 0.05) is 5.69 Å². The van der Waals surface area contributed by atoms with E-state index >= 15 is 0 Å². The molecule has 0 saturated carbocycles. The van der Waals surface area contributed by atoms with Crippen molar-refractivity contribution in [3.05, 3.63) is 88.3 Å². The molecule has 178 valence electrons. The molecule has 2 amide bonds. The lowest BCUT2D eigenvalue weighted by atomic mass is 10.1. The normalized spacial score (nSPS) is 14.4. The summed E-state index contributed by atoms with van der Waals surface area (Å²) in [5.41, 5.74) is 4.24. The topological polar surface area (TPSA) is 67.9 Å². The number of nitrogens with one attached hydrogen (secondary N) is 1. The Bertz CT molecular complexity index is 1300. The highest BCUT2D eigenvalue weighted by atomic mass is 32.2. The summed E-state index contributed by atoms with van der Waals surface area (Å²) in [7, 11) is 1.59. The number of hydrogen-bond donors (Lipinski definition) is 1. The monoisotopic (exact) mass is 504 g/mol. The van der Waals surface area contributed by atoms with E-state index in [9.17, 15) is 9.59 Å². The van der Waals surface area contributed by atoms with E-state index < -0.39 is 0 Å². The Morgan fingerprint density at radius 3 is 2.40 bits per heavy atom. The van der Waals surface area contributed by atoms with Crippen molar-refractivity contribution < 1.29 is 19.1 Å². The molecule has 35 heavy (non-hydrogen) atoms. The summed E-state index contributed by atoms with van der Waals surface area (Å²) in [6, 6.07) is 20.2. The molecule has 0 spiro atoms. The van der Waals surface area contributed by atoms with Crippen LogP contribution in [0.5, 0.6) is 11.5 Å². The van der Waals surface area contributed by atoms with E-state index in [0.717, 1.165) is 22.4 Å². The summed E-state index contributed by atoms with van der Waals surface area (Å²) in [4.78, 5) is 27.5. The number of carbonyl (C=O) groups is 2. The van der Waals surface area contributed by atoms with Gasteiger partial charge in [-0.25, -0.2) is 0 Å². The summed E-state index contributed by atoms with van der Waals surface area (Å²) in [6.45, 7) is 3.77. The molecule has 3 aromatic rings. The number of ether oxygens (including phenoxy) is 2. The summed E-state index contributed by atoms with van der Waals surface area (Å²) in [5, 5.41) is 2.91. The van der Waals surface area contributed by atoms with Gasteiger partial charge in [-0.15, -0.1) is 0 Å². The number of benzene rings is 3. The molecule has 0 aliphatic carbocycles. The molecule has 8 heteroatoms. The van der Waals surface area contributed by atoms with Crippen molar-refractivity contribution >= 4 is 57.6 Å². The van der Waals surface area contributed by atoms with Crippen LogP contribution in [0.3, 0.4) is 0 Å². The molecule has 3 aromatic carbocycles. The van der Waals surface area contributed by atoms with E-state index in [0.29, 0.717) is 26.4 Å². The van der Waals surface area contributed by atoms with Crippen molar-refractivity contribution in [3.8, 4) is 11.5 Å². The molecule has 6 nitrogen and oxygen atoms in total. The van der Waals surface area contributed by atoms with Gasteiger partial charge in [0.2, 0.25) is 0 Å². The van der Waals surface area contributed by atoms with E-state index in [1.807, 2.05) is 44.2 Å². The Labute approximate surface area is 213 Å². The summed E-state index contributed by atoms with van der Waals surface area (Å²) in [6.07, 6.45) is 1.77. The van der Waals surface area contributed by atoms with Gasteiger partial charge in [-0.05, 0) is 73.0 Å². The van der Waals surface area contributed by atoms with Crippen molar-refractivity contribution in [2.24, 2.45) is 0 Å². The lowest BCUT2D eigenvalue weighted by molar-refractivity contribution is -0.118. The fourth-order valence-electron chi connectivity index (χ4n) is 3.60. The van der Waals surface area contributed by atoms with E-state index in [1.54, 1.807) is 49.6 Å². The van der Waals surface area contributed by atoms with Crippen LogP contribution in [0, 0.1) is 13.8 Å². The van der Waals surface area contributed by atoms with Crippen molar-refractivity contribution in [1.82, 2.24) is 0 Å². The van der Waals surface area contributed by atoms with Crippen LogP contribution in [0.15, 0.2) is 71.6 Å². The first kappa shape index (κ1) is 24.5. The van der Waals surface area contributed by atoms with Gasteiger partial charge in [-0.3, -0.25) is 14.5 Å². The van der Waals surface area contributed by atoms with Gasteiger partial charge in [-0.2, -0.15) is 0 Å². The van der Waals surface area contributed by atoms with Crippen LogP contribution in [0.4, 0.5) is 11.4 Å². The van der Waals surface area contributed by atoms with Crippen LogP contribution in [-0.2, 0) is 9.59 Å². The highest BCUT2D eigenvalue weighted by Crippen LogP contribution is 2.36. The van der Waals surface area contributed by atoms with Gasteiger partial charge >= 0.3 is 0 Å². The molecule has 0 radical (unpaired) electrons. The minimum absolute atomic E-state index is 0.128. The van der Waals surface area contributed by atoms with Gasteiger partial charge in [0.1, 0.15) is 11.5 Å². The van der Waals surface area contributed by atoms with Crippen LogP contribution in [0.1, 0.15) is 16.7 Å². The maximum absolute atomic E-state index is 13.0. The number of para-hydroxylation sites is 1. The van der Waals surface area contributed by atoms with Crippen LogP contribution >= 0.6 is 24.0 Å². The van der Waals surface area contributed by atoms with Gasteiger partial charge < -0.3 is 14.8 Å². The Balaban J connectivity index is 1.43. The van der Waals surface area contributed by atoms with Crippen molar-refractivity contribution in [2.75, 3.05) is 23.9 Å². The molecule has 1 heterocycles. The van der Waals surface area contributed by atoms with E-state index in [2.05, 4.69) is 5.32 Å². The fourth-order valence-corrected chi connectivity index (χ4v) is 4.90. The van der Waals surface area contributed by atoms with Crippen molar-refractivity contribution in [2.45, 2.75) is 13.8 Å². The van der Waals surface area contributed by atoms with Crippen molar-refractivity contribution in [1.29, 1.82) is 0 Å². The zero-order valence-corrected chi connectivity index (χ0v) is 21.2. The maximum Gasteiger partial charge on any atom is 0.270 e. The number of carbonyl (C=O) groups excluding carboxylic acids is 2. The van der Waals surface area contributed by atoms with E-state index in [4.69, 9.17) is 21.7 Å². The molecule has 1 aliphatic heterocycles. The molecule has 1 aliphatic rings. The van der Waals surface area contributed by atoms with Gasteiger partial charge in [-0.1, -0.05) is 54.3 Å². The Hall–Kier alpha value is -3.62. The first-order valence-corrected chi connectivity index (χ1v) is 12.1. The lowest BCUT2D eigenvalue weighted by Crippen LogP contribution is -2.27. The molecule has 1 N–H and O–H groups in total. The minimum Gasteiger partial charge on any atom is -0.497 e. The quantitative estimate of drug-likeness (QED) is 0.327. The predicted octanol–water partition coefficient (Wildman–Crippen LogP) is 5.74. The Morgan fingerprint density at radius 2 is 1.71 bits per heavy atom. The number of rotatable bonds is 7. The second kappa shape index (κ2) is 10.8. The zero-order chi connectivity index (χ0) is 24.9. The summed E-state index contributed by atoms with van der Waals surface area (Å²) in [5.74, 6) is 0.799. The Kier molecular flexibility index (Phi) is 7.53. The molecule has 0 unspecified atom stereocenters. The highest BCUT2D eigenvalue weighted by molar-refractivity contribution is 8.27. The second-order valence-electron chi connectivity index (χ2n) is 7.89. The number of hydrogen-bond acceptors (Lipinski definition) is 6. The van der Waals surface area contributed by atoms with Crippen LogP contribution in [0.2, 0.25) is 0 Å². The third kappa shape index (κ3) is 5.72. The molecule has 0 atom stereocenters. The highest BCUT2D eigenvalue weighted by Gasteiger charge is 2.33. The number of amides is 2. The predicted molar refractivity (Wildman–Crippen MR) is 145 cm³/mol. The van der Waals surface area contributed by atoms with Crippen LogP contribution in [0.25, 0.3) is 6.08 Å². The number of anilines is 2. The lowest BCUT2D eigenvalue weighted by Gasteiger charge is -2.14. The number of methoxy groups -OCH3 is 1. The SMILES string of the molecule is COc1ccc(N2C(=O)/C(=C/c3cccc(OCC(=O)Nc4c(C)cccc4C)c3)SC2=S)cc1. The average Bonchev–Trinajstić information content (AvgIpc) is 3.13. The molecular weight excluding hydrogens is 480 g/mol. The van der Waals surface area contributed by atoms with Gasteiger partial charge in [0.25, 0.3) is 11.8 Å². The molecule has 0 aromatic heterocycles. The zero-order valence-electron chi connectivity index (χ0n) is 19.5. The number of nitrogens with zero attached hydrogens (tertiary/aromatic N) is 1. The first-order chi connectivity index (χ1) is 16.9. The van der Waals surface area contributed by atoms with Gasteiger partial charge in [0.05, 0.1) is 17.7 Å². The number of thioether (sulfide) groups is 1. The largest absolute Gasteiger partial charge is 0.497 e. The molecule has 4 rings (SSSR count). The number of aryl methyl sites for hydroxylation is 2. The maximum atomic E-state index is 13.0. The van der Waals surface area contributed by atoms with E-state index in [1.165, 1.54) is 16.7 Å².